The molecule has 4 heteroatoms. The van der Waals surface area contributed by atoms with Gasteiger partial charge in [-0.2, -0.15) is 5.10 Å². The third-order valence-corrected chi connectivity index (χ3v) is 3.03. The molecule has 2 aromatic heterocycles. The molecule has 1 unspecified atom stereocenters. The molecule has 0 bridgehead atoms. The average Bonchev–Trinajstić information content (AvgIpc) is 2.89. The molecule has 17 heavy (non-hydrogen) atoms. The van der Waals surface area contributed by atoms with E-state index in [1.165, 1.54) is 11.3 Å². The van der Waals surface area contributed by atoms with Crippen molar-refractivity contribution in [2.75, 3.05) is 0 Å². The summed E-state index contributed by atoms with van der Waals surface area (Å²) in [7, 11) is 1.94. The number of aryl methyl sites for hydroxylation is 1. The van der Waals surface area contributed by atoms with Crippen molar-refractivity contribution in [1.82, 2.24) is 14.3 Å². The van der Waals surface area contributed by atoms with Crippen LogP contribution in [0, 0.1) is 0 Å². The van der Waals surface area contributed by atoms with Crippen LogP contribution in [0.3, 0.4) is 0 Å². The zero-order valence-electron chi connectivity index (χ0n) is 10.5. The van der Waals surface area contributed by atoms with E-state index in [9.17, 15) is 0 Å². The highest BCUT2D eigenvalue weighted by Gasteiger charge is 2.07. The Bertz CT molecular complexity index is 469. The van der Waals surface area contributed by atoms with Crippen molar-refractivity contribution >= 4 is 0 Å². The van der Waals surface area contributed by atoms with E-state index in [-0.39, 0.29) is 6.04 Å². The van der Waals surface area contributed by atoms with Gasteiger partial charge < -0.3 is 10.3 Å². The first-order valence-corrected chi connectivity index (χ1v) is 6.06. The van der Waals surface area contributed by atoms with Crippen LogP contribution in [0.4, 0.5) is 0 Å². The van der Waals surface area contributed by atoms with Crippen LogP contribution in [0.5, 0.6) is 0 Å². The first-order valence-electron chi connectivity index (χ1n) is 6.06. The summed E-state index contributed by atoms with van der Waals surface area (Å²) in [5.74, 6) is 0. The van der Waals surface area contributed by atoms with Crippen molar-refractivity contribution in [1.29, 1.82) is 0 Å². The lowest BCUT2D eigenvalue weighted by atomic mass is 10.1. The Hall–Kier alpha value is -1.55. The Morgan fingerprint density at radius 2 is 2.29 bits per heavy atom. The van der Waals surface area contributed by atoms with Crippen molar-refractivity contribution in [3.8, 4) is 0 Å². The van der Waals surface area contributed by atoms with Crippen molar-refractivity contribution in [2.24, 2.45) is 12.8 Å². The van der Waals surface area contributed by atoms with Crippen LogP contribution in [-0.4, -0.2) is 20.4 Å². The van der Waals surface area contributed by atoms with Crippen LogP contribution in [0.15, 0.2) is 30.7 Å². The summed E-state index contributed by atoms with van der Waals surface area (Å²) < 4.78 is 4.07. The first kappa shape index (κ1) is 11.9. The lowest BCUT2D eigenvalue weighted by Gasteiger charge is -2.12. The maximum absolute atomic E-state index is 6.00. The highest BCUT2D eigenvalue weighted by atomic mass is 15.2. The maximum Gasteiger partial charge on any atom is 0.0539 e. The van der Waals surface area contributed by atoms with Crippen LogP contribution >= 0.6 is 0 Å². The summed E-state index contributed by atoms with van der Waals surface area (Å²) in [6.07, 6.45) is 8.00. The van der Waals surface area contributed by atoms with Gasteiger partial charge in [-0.3, -0.25) is 4.68 Å². The van der Waals surface area contributed by atoms with Crippen molar-refractivity contribution in [3.63, 3.8) is 0 Å². The average molecular weight is 232 g/mol. The molecular weight excluding hydrogens is 212 g/mol. The van der Waals surface area contributed by atoms with Gasteiger partial charge in [0.25, 0.3) is 0 Å². The molecule has 0 aliphatic rings. The van der Waals surface area contributed by atoms with Gasteiger partial charge in [-0.05, 0) is 18.6 Å². The summed E-state index contributed by atoms with van der Waals surface area (Å²) in [6.45, 7) is 2.99. The molecule has 2 N–H and O–H groups in total. The van der Waals surface area contributed by atoms with Crippen LogP contribution < -0.4 is 5.73 Å². The van der Waals surface area contributed by atoms with E-state index < -0.39 is 0 Å². The molecule has 0 fully saturated rings. The second kappa shape index (κ2) is 5.19. The summed E-state index contributed by atoms with van der Waals surface area (Å²) in [6, 6.07) is 4.47. The number of aromatic nitrogens is 3. The van der Waals surface area contributed by atoms with Crippen molar-refractivity contribution in [3.05, 3.63) is 42.0 Å². The molecule has 1 atom stereocenters. The predicted molar refractivity (Wildman–Crippen MR) is 68.7 cm³/mol. The Kier molecular flexibility index (Phi) is 3.64. The van der Waals surface area contributed by atoms with Crippen molar-refractivity contribution in [2.45, 2.75) is 32.4 Å². The van der Waals surface area contributed by atoms with E-state index in [0.717, 1.165) is 19.4 Å². The Morgan fingerprint density at radius 3 is 2.94 bits per heavy atom. The molecule has 0 aliphatic heterocycles. The molecule has 0 aliphatic carbocycles. The zero-order chi connectivity index (χ0) is 12.3. The molecule has 92 valence electrons. The van der Waals surface area contributed by atoms with Crippen LogP contribution in [0.2, 0.25) is 0 Å². The van der Waals surface area contributed by atoms with Crippen molar-refractivity contribution < 1.29 is 0 Å². The predicted octanol–water partition coefficient (Wildman–Crippen LogP) is 1.55. The number of nitrogens with two attached hydrogens (primary N) is 1. The van der Waals surface area contributed by atoms with Gasteiger partial charge in [0.2, 0.25) is 0 Å². The van der Waals surface area contributed by atoms with Gasteiger partial charge in [-0.15, -0.1) is 0 Å². The molecule has 0 radical (unpaired) electrons. The van der Waals surface area contributed by atoms with Gasteiger partial charge in [0.15, 0.2) is 0 Å². The fourth-order valence-electron chi connectivity index (χ4n) is 1.95. The molecule has 4 nitrogen and oxygen atoms in total. The van der Waals surface area contributed by atoms with Crippen LogP contribution in [0.1, 0.15) is 24.6 Å². The largest absolute Gasteiger partial charge is 0.347 e. The highest BCUT2D eigenvalue weighted by molar-refractivity contribution is 5.13. The molecule has 0 amide bonds. The first-order chi connectivity index (χ1) is 8.19. The highest BCUT2D eigenvalue weighted by Crippen LogP contribution is 2.09. The zero-order valence-corrected chi connectivity index (χ0v) is 10.5. The molecule has 2 heterocycles. The smallest absolute Gasteiger partial charge is 0.0539 e. The Morgan fingerprint density at radius 1 is 1.47 bits per heavy atom. The summed E-state index contributed by atoms with van der Waals surface area (Å²) in [5, 5.41) is 4.18. The van der Waals surface area contributed by atoms with Gasteiger partial charge in [-0.1, -0.05) is 6.92 Å². The second-order valence-electron chi connectivity index (χ2n) is 4.52. The van der Waals surface area contributed by atoms with E-state index in [0.29, 0.717) is 0 Å². The van der Waals surface area contributed by atoms with E-state index in [1.807, 2.05) is 24.1 Å². The summed E-state index contributed by atoms with van der Waals surface area (Å²) in [5.41, 5.74) is 8.51. The third-order valence-electron chi connectivity index (χ3n) is 3.03. The number of rotatable bonds is 5. The molecule has 0 aromatic carbocycles. The van der Waals surface area contributed by atoms with E-state index in [1.54, 1.807) is 0 Å². The minimum absolute atomic E-state index is 0.248. The molecule has 0 saturated carbocycles. The number of nitrogens with zero attached hydrogens (tertiary/aromatic N) is 3. The standard InChI is InChI=1S/C13H20N4/c1-3-12(14)7-13-5-4-6-17(13)10-11-8-15-16(2)9-11/h4-6,8-9,12H,3,7,10,14H2,1-2H3. The number of hydrogen-bond acceptors (Lipinski definition) is 2. The molecular formula is C13H20N4. The fourth-order valence-corrected chi connectivity index (χ4v) is 1.95. The summed E-state index contributed by atoms with van der Waals surface area (Å²) >= 11 is 0. The Balaban J connectivity index is 2.08. The minimum Gasteiger partial charge on any atom is -0.347 e. The topological polar surface area (TPSA) is 48.8 Å². The van der Waals surface area contributed by atoms with Crippen LogP contribution in [0.25, 0.3) is 0 Å². The quantitative estimate of drug-likeness (QED) is 0.850. The molecule has 2 rings (SSSR count). The monoisotopic (exact) mass is 232 g/mol. The lowest BCUT2D eigenvalue weighted by Crippen LogP contribution is -2.23. The third kappa shape index (κ3) is 2.97. The molecule has 2 aromatic rings. The second-order valence-corrected chi connectivity index (χ2v) is 4.52. The SMILES string of the molecule is CCC(N)Cc1cccn1Cc1cnn(C)c1. The minimum atomic E-state index is 0.248. The van der Waals surface area contributed by atoms with Gasteiger partial charge >= 0.3 is 0 Å². The normalized spacial score (nSPS) is 12.9. The van der Waals surface area contributed by atoms with E-state index in [2.05, 4.69) is 34.9 Å². The fraction of sp³-hybridized carbons (Fsp3) is 0.462. The van der Waals surface area contributed by atoms with Gasteiger partial charge in [0.1, 0.15) is 0 Å². The van der Waals surface area contributed by atoms with Crippen LogP contribution in [-0.2, 0) is 20.0 Å². The molecule has 0 spiro atoms. The summed E-state index contributed by atoms with van der Waals surface area (Å²) in [4.78, 5) is 0. The van der Waals surface area contributed by atoms with Gasteiger partial charge in [-0.25, -0.2) is 0 Å². The lowest BCUT2D eigenvalue weighted by molar-refractivity contribution is 0.610. The van der Waals surface area contributed by atoms with E-state index >= 15 is 0 Å². The van der Waals surface area contributed by atoms with Gasteiger partial charge in [0.05, 0.1) is 12.7 Å². The van der Waals surface area contributed by atoms with E-state index in [4.69, 9.17) is 5.73 Å². The molecule has 0 saturated heterocycles. The maximum atomic E-state index is 6.00. The van der Waals surface area contributed by atoms with Gasteiger partial charge in [0, 0.05) is 43.2 Å². The Labute approximate surface area is 102 Å². The number of hydrogen-bond donors (Lipinski definition) is 1.